The van der Waals surface area contributed by atoms with Crippen LogP contribution < -0.4 is 0 Å². The lowest BCUT2D eigenvalue weighted by molar-refractivity contribution is 0.671. The molecule has 0 aliphatic heterocycles. The van der Waals surface area contributed by atoms with Crippen molar-refractivity contribution in [3.63, 3.8) is 0 Å². The number of aromatic nitrogens is 4. The van der Waals surface area contributed by atoms with E-state index in [1.165, 1.54) is 22.1 Å². The van der Waals surface area contributed by atoms with E-state index in [1.54, 1.807) is 0 Å². The van der Waals surface area contributed by atoms with Crippen molar-refractivity contribution in [3.8, 4) is 84.4 Å². The molecule has 0 aliphatic carbocycles. The van der Waals surface area contributed by atoms with Crippen molar-refractivity contribution in [1.29, 1.82) is 0 Å². The Labute approximate surface area is 392 Å². The standard InChI is InChI=1S/C63H40N4O/c1-4-13-41(14-5-1)44-23-27-47(28-24-44)61-64-62(48-29-25-45(26-30-48)42-15-6-2-7-16-42)66-63(65-61)51-33-36-54-56-38-37-55-53-21-10-11-22-57(53)67(59(55)60(56)68-58(54)40-51)52-34-31-46(32-35-52)50-20-12-19-49(39-50)43-17-8-3-9-18-43/h1-40H. The molecule has 0 unspecified atom stereocenters. The van der Waals surface area contributed by atoms with Crippen LogP contribution in [0, 0.1) is 0 Å². The van der Waals surface area contributed by atoms with Gasteiger partial charge in [-0.2, -0.15) is 0 Å². The fourth-order valence-corrected chi connectivity index (χ4v) is 9.65. The molecule has 0 radical (unpaired) electrons. The first-order valence-corrected chi connectivity index (χ1v) is 22.9. The van der Waals surface area contributed by atoms with Crippen LogP contribution in [0.15, 0.2) is 247 Å². The zero-order valence-electron chi connectivity index (χ0n) is 36.8. The van der Waals surface area contributed by atoms with Crippen LogP contribution in [-0.2, 0) is 0 Å². The summed E-state index contributed by atoms with van der Waals surface area (Å²) in [4.78, 5) is 15.4. The average molecular weight is 869 g/mol. The highest BCUT2D eigenvalue weighted by molar-refractivity contribution is 6.21. The van der Waals surface area contributed by atoms with Crippen LogP contribution in [0.1, 0.15) is 0 Å². The maximum absolute atomic E-state index is 7.02. The van der Waals surface area contributed by atoms with Gasteiger partial charge in [-0.05, 0) is 87.0 Å². The van der Waals surface area contributed by atoms with Crippen LogP contribution in [-0.4, -0.2) is 19.5 Å². The first kappa shape index (κ1) is 39.2. The van der Waals surface area contributed by atoms with Crippen molar-refractivity contribution in [1.82, 2.24) is 19.5 Å². The van der Waals surface area contributed by atoms with Crippen molar-refractivity contribution in [2.75, 3.05) is 0 Å². The molecular weight excluding hydrogens is 829 g/mol. The smallest absolute Gasteiger partial charge is 0.164 e. The van der Waals surface area contributed by atoms with E-state index in [-0.39, 0.29) is 0 Å². The highest BCUT2D eigenvalue weighted by atomic mass is 16.3. The minimum atomic E-state index is 0.570. The zero-order chi connectivity index (χ0) is 45.0. The first-order chi connectivity index (χ1) is 33.7. The number of benzene rings is 10. The number of furan rings is 1. The summed E-state index contributed by atoms with van der Waals surface area (Å²) in [7, 11) is 0. The molecule has 0 spiro atoms. The Morgan fingerprint density at radius 2 is 0.691 bits per heavy atom. The first-order valence-electron chi connectivity index (χ1n) is 22.9. The van der Waals surface area contributed by atoms with Gasteiger partial charge in [0.25, 0.3) is 0 Å². The highest BCUT2D eigenvalue weighted by Crippen LogP contribution is 2.42. The van der Waals surface area contributed by atoms with Crippen LogP contribution in [0.2, 0.25) is 0 Å². The Hall–Kier alpha value is -9.19. The minimum Gasteiger partial charge on any atom is -0.454 e. The van der Waals surface area contributed by atoms with Gasteiger partial charge >= 0.3 is 0 Å². The van der Waals surface area contributed by atoms with Gasteiger partial charge in [-0.3, -0.25) is 0 Å². The summed E-state index contributed by atoms with van der Waals surface area (Å²) in [5.41, 5.74) is 16.8. The van der Waals surface area contributed by atoms with E-state index in [0.717, 1.165) is 88.6 Å². The summed E-state index contributed by atoms with van der Waals surface area (Å²) in [6, 6.07) is 85.2. The molecule has 0 aliphatic rings. The summed E-state index contributed by atoms with van der Waals surface area (Å²) in [6.45, 7) is 0. The van der Waals surface area contributed by atoms with E-state index in [1.807, 2.05) is 12.1 Å². The Morgan fingerprint density at radius 3 is 1.28 bits per heavy atom. The number of nitrogens with zero attached hydrogens (tertiary/aromatic N) is 4. The molecule has 0 saturated heterocycles. The number of para-hydroxylation sites is 1. The van der Waals surface area contributed by atoms with E-state index in [9.17, 15) is 0 Å². The molecule has 0 atom stereocenters. The second kappa shape index (κ2) is 16.4. The minimum absolute atomic E-state index is 0.570. The van der Waals surface area contributed by atoms with Crippen molar-refractivity contribution in [2.24, 2.45) is 0 Å². The Balaban J connectivity index is 0.922. The van der Waals surface area contributed by atoms with Gasteiger partial charge in [0.15, 0.2) is 23.1 Å². The molecule has 68 heavy (non-hydrogen) atoms. The van der Waals surface area contributed by atoms with E-state index in [2.05, 4.69) is 235 Å². The maximum atomic E-state index is 7.02. The van der Waals surface area contributed by atoms with Gasteiger partial charge in [0.05, 0.1) is 11.0 Å². The highest BCUT2D eigenvalue weighted by Gasteiger charge is 2.21. The average Bonchev–Trinajstić information content (AvgIpc) is 3.97. The molecule has 5 heteroatoms. The maximum Gasteiger partial charge on any atom is 0.164 e. The number of rotatable bonds is 8. The second-order valence-corrected chi connectivity index (χ2v) is 17.2. The van der Waals surface area contributed by atoms with Gasteiger partial charge in [-0.25, -0.2) is 15.0 Å². The van der Waals surface area contributed by atoms with Gasteiger partial charge in [0.1, 0.15) is 5.58 Å². The third-order valence-electron chi connectivity index (χ3n) is 13.1. The van der Waals surface area contributed by atoms with E-state index >= 15 is 0 Å². The van der Waals surface area contributed by atoms with Crippen molar-refractivity contribution < 1.29 is 4.42 Å². The Bertz CT molecular complexity index is 3870. The molecule has 0 fully saturated rings. The van der Waals surface area contributed by atoms with Crippen LogP contribution in [0.4, 0.5) is 0 Å². The van der Waals surface area contributed by atoms with E-state index in [0.29, 0.717) is 17.5 Å². The van der Waals surface area contributed by atoms with Crippen molar-refractivity contribution in [3.05, 3.63) is 243 Å². The zero-order valence-corrected chi connectivity index (χ0v) is 36.8. The summed E-state index contributed by atoms with van der Waals surface area (Å²) in [5, 5.41) is 4.38. The Morgan fingerprint density at radius 1 is 0.279 bits per heavy atom. The van der Waals surface area contributed by atoms with Gasteiger partial charge in [0.2, 0.25) is 0 Å². The third-order valence-corrected chi connectivity index (χ3v) is 13.1. The molecular formula is C63H40N4O. The largest absolute Gasteiger partial charge is 0.454 e. The lowest BCUT2D eigenvalue weighted by atomic mass is 9.99. The fraction of sp³-hybridized carbons (Fsp3) is 0. The number of fused-ring (bicyclic) bond motifs is 7. The summed E-state index contributed by atoms with van der Waals surface area (Å²) in [6.07, 6.45) is 0. The summed E-state index contributed by atoms with van der Waals surface area (Å²) in [5.74, 6) is 1.77. The van der Waals surface area contributed by atoms with Gasteiger partial charge in [-0.1, -0.05) is 200 Å². The predicted molar refractivity (Wildman–Crippen MR) is 279 cm³/mol. The van der Waals surface area contributed by atoms with Crippen molar-refractivity contribution in [2.45, 2.75) is 0 Å². The quantitative estimate of drug-likeness (QED) is 0.153. The Kier molecular flexibility index (Phi) is 9.43. The molecule has 5 nitrogen and oxygen atoms in total. The molecule has 0 saturated carbocycles. The molecule has 13 rings (SSSR count). The van der Waals surface area contributed by atoms with Crippen LogP contribution >= 0.6 is 0 Å². The monoisotopic (exact) mass is 868 g/mol. The summed E-state index contributed by atoms with van der Waals surface area (Å²) < 4.78 is 9.36. The molecule has 0 amide bonds. The third kappa shape index (κ3) is 6.93. The molecule has 0 N–H and O–H groups in total. The molecule has 0 bridgehead atoms. The predicted octanol–water partition coefficient (Wildman–Crippen LogP) is 16.5. The molecule has 10 aromatic carbocycles. The normalized spacial score (nSPS) is 11.5. The van der Waals surface area contributed by atoms with Gasteiger partial charge < -0.3 is 8.98 Å². The molecule has 3 heterocycles. The molecule has 13 aromatic rings. The SMILES string of the molecule is c1ccc(-c2ccc(-c3nc(-c4ccc(-c5ccccc5)cc4)nc(-c4ccc5c(c4)oc4c5ccc5c6ccccc6n(-c6ccc(-c7cccc(-c8ccccc8)c7)cc6)c54)n3)cc2)cc1. The summed E-state index contributed by atoms with van der Waals surface area (Å²) >= 11 is 0. The lowest BCUT2D eigenvalue weighted by Crippen LogP contribution is -2.00. The lowest BCUT2D eigenvalue weighted by Gasteiger charge is -2.10. The topological polar surface area (TPSA) is 56.7 Å². The van der Waals surface area contributed by atoms with Gasteiger partial charge in [-0.15, -0.1) is 0 Å². The van der Waals surface area contributed by atoms with Crippen LogP contribution in [0.5, 0.6) is 0 Å². The van der Waals surface area contributed by atoms with E-state index < -0.39 is 0 Å². The van der Waals surface area contributed by atoms with Gasteiger partial charge in [0, 0.05) is 43.9 Å². The van der Waals surface area contributed by atoms with Crippen LogP contribution in [0.25, 0.3) is 128 Å². The van der Waals surface area contributed by atoms with Crippen LogP contribution in [0.3, 0.4) is 0 Å². The molecule has 318 valence electrons. The number of hydrogen-bond donors (Lipinski definition) is 0. The van der Waals surface area contributed by atoms with E-state index in [4.69, 9.17) is 19.4 Å². The second-order valence-electron chi connectivity index (χ2n) is 17.2. The molecule has 3 aromatic heterocycles. The number of hydrogen-bond acceptors (Lipinski definition) is 4. The van der Waals surface area contributed by atoms with Crippen molar-refractivity contribution >= 4 is 43.7 Å². The fourth-order valence-electron chi connectivity index (χ4n) is 9.65.